The number of carbonyl (C=O) groups is 2. The molecule has 0 saturated carbocycles. The molecule has 1 aromatic heterocycles. The second kappa shape index (κ2) is 7.11. The number of rotatable bonds is 4. The fraction of sp³-hybridized carbons (Fsp3) is 0.158. The van der Waals surface area contributed by atoms with Crippen LogP contribution >= 0.6 is 15.9 Å². The van der Waals surface area contributed by atoms with Gasteiger partial charge in [0, 0.05) is 18.0 Å². The number of nitrogens with one attached hydrogen (secondary N) is 2. The van der Waals surface area contributed by atoms with Crippen molar-refractivity contribution >= 4 is 44.4 Å². The van der Waals surface area contributed by atoms with Gasteiger partial charge in [0.1, 0.15) is 5.58 Å². The molecule has 2 amide bonds. The van der Waals surface area contributed by atoms with E-state index >= 15 is 0 Å². The zero-order chi connectivity index (χ0) is 18.0. The van der Waals surface area contributed by atoms with Gasteiger partial charge in [-0.15, -0.1) is 0 Å². The molecular weight excluding hydrogens is 384 g/mol. The summed E-state index contributed by atoms with van der Waals surface area (Å²) < 4.78 is 6.46. The summed E-state index contributed by atoms with van der Waals surface area (Å²) in [6.45, 7) is 3.33. The number of hydrogen-bond donors (Lipinski definition) is 2. The zero-order valence-electron chi connectivity index (χ0n) is 13.8. The Hall–Kier alpha value is -2.60. The number of carbonyl (C=O) groups excluding carboxylic acids is 2. The summed E-state index contributed by atoms with van der Waals surface area (Å²) in [5, 5.41) is 6.51. The molecule has 128 valence electrons. The van der Waals surface area contributed by atoms with Gasteiger partial charge in [0.15, 0.2) is 5.76 Å². The molecule has 0 radical (unpaired) electrons. The highest BCUT2D eigenvalue weighted by atomic mass is 79.9. The summed E-state index contributed by atoms with van der Waals surface area (Å²) in [7, 11) is 0. The molecule has 25 heavy (non-hydrogen) atoms. The summed E-state index contributed by atoms with van der Waals surface area (Å²) in [6.07, 6.45) is 0. The fourth-order valence-corrected chi connectivity index (χ4v) is 3.04. The van der Waals surface area contributed by atoms with Gasteiger partial charge in [-0.05, 0) is 52.7 Å². The summed E-state index contributed by atoms with van der Waals surface area (Å²) in [6, 6.07) is 14.5. The van der Waals surface area contributed by atoms with Crippen LogP contribution in [0, 0.1) is 0 Å². The largest absolute Gasteiger partial charge is 0.450 e. The van der Waals surface area contributed by atoms with Crippen LogP contribution in [0.3, 0.4) is 0 Å². The van der Waals surface area contributed by atoms with E-state index in [0.29, 0.717) is 11.3 Å². The second-order valence-electron chi connectivity index (χ2n) is 5.77. The Morgan fingerprint density at radius 1 is 1.12 bits per heavy atom. The van der Waals surface area contributed by atoms with E-state index in [4.69, 9.17) is 4.42 Å². The van der Waals surface area contributed by atoms with Crippen molar-refractivity contribution in [3.05, 3.63) is 64.3 Å². The molecule has 0 saturated heterocycles. The third-order valence-electron chi connectivity index (χ3n) is 3.77. The van der Waals surface area contributed by atoms with Crippen molar-refractivity contribution in [3.8, 4) is 0 Å². The zero-order valence-corrected chi connectivity index (χ0v) is 15.4. The molecule has 6 heteroatoms. The Balaban J connectivity index is 1.77. The van der Waals surface area contributed by atoms with E-state index < -0.39 is 0 Å². The number of hydrogen-bond acceptors (Lipinski definition) is 3. The standard InChI is InChI=1S/C19H17BrN2O3/c1-11(13-5-3-7-15(9-13)22-12(2)23)21-19(24)17-10-14-6-4-8-16(20)18(14)25-17/h3-11H,1-2H3,(H,21,24)(H,22,23)/t11-/m1/s1. The van der Waals surface area contributed by atoms with Crippen LogP contribution in [-0.2, 0) is 4.79 Å². The van der Waals surface area contributed by atoms with E-state index in [2.05, 4.69) is 26.6 Å². The highest BCUT2D eigenvalue weighted by Gasteiger charge is 2.17. The predicted octanol–water partition coefficient (Wildman–Crippen LogP) is 4.64. The monoisotopic (exact) mass is 400 g/mol. The SMILES string of the molecule is CC(=O)Nc1cccc([C@@H](C)NC(=O)c2cc3cccc(Br)c3o2)c1. The lowest BCUT2D eigenvalue weighted by Crippen LogP contribution is -2.26. The van der Waals surface area contributed by atoms with Crippen molar-refractivity contribution < 1.29 is 14.0 Å². The molecule has 5 nitrogen and oxygen atoms in total. The Morgan fingerprint density at radius 2 is 1.88 bits per heavy atom. The van der Waals surface area contributed by atoms with Gasteiger partial charge in [0.2, 0.25) is 5.91 Å². The molecule has 1 atom stereocenters. The molecule has 1 heterocycles. The number of furan rings is 1. The molecule has 2 N–H and O–H groups in total. The quantitative estimate of drug-likeness (QED) is 0.669. The molecule has 0 aliphatic carbocycles. The van der Waals surface area contributed by atoms with Crippen LogP contribution in [0.2, 0.25) is 0 Å². The lowest BCUT2D eigenvalue weighted by Gasteiger charge is -2.14. The Kier molecular flexibility index (Phi) is 4.90. The lowest BCUT2D eigenvalue weighted by atomic mass is 10.1. The minimum atomic E-state index is -0.291. The van der Waals surface area contributed by atoms with E-state index in [1.165, 1.54) is 6.92 Å². The van der Waals surface area contributed by atoms with Gasteiger partial charge >= 0.3 is 0 Å². The normalized spacial score (nSPS) is 12.0. The van der Waals surface area contributed by atoms with Crippen LogP contribution in [0.1, 0.15) is 36.0 Å². The molecule has 0 spiro atoms. The van der Waals surface area contributed by atoms with Gasteiger partial charge in [-0.2, -0.15) is 0 Å². The number of para-hydroxylation sites is 1. The second-order valence-corrected chi connectivity index (χ2v) is 6.62. The van der Waals surface area contributed by atoms with Crippen molar-refractivity contribution in [2.24, 2.45) is 0 Å². The molecule has 3 aromatic rings. The van der Waals surface area contributed by atoms with Gasteiger partial charge in [-0.25, -0.2) is 0 Å². The van der Waals surface area contributed by atoms with E-state index in [-0.39, 0.29) is 23.6 Å². The van der Waals surface area contributed by atoms with Crippen molar-refractivity contribution in [3.63, 3.8) is 0 Å². The Morgan fingerprint density at radius 3 is 2.60 bits per heavy atom. The topological polar surface area (TPSA) is 71.3 Å². The highest BCUT2D eigenvalue weighted by Crippen LogP contribution is 2.27. The Bertz CT molecular complexity index is 949. The number of fused-ring (bicyclic) bond motifs is 1. The smallest absolute Gasteiger partial charge is 0.287 e. The average molecular weight is 401 g/mol. The molecule has 2 aromatic carbocycles. The van der Waals surface area contributed by atoms with Crippen molar-refractivity contribution in [2.75, 3.05) is 5.32 Å². The first-order chi connectivity index (χ1) is 11.9. The van der Waals surface area contributed by atoms with Gasteiger partial charge in [0.05, 0.1) is 10.5 Å². The van der Waals surface area contributed by atoms with Crippen LogP contribution in [0.5, 0.6) is 0 Å². The van der Waals surface area contributed by atoms with E-state index in [1.54, 1.807) is 12.1 Å². The van der Waals surface area contributed by atoms with Gasteiger partial charge in [-0.1, -0.05) is 24.3 Å². The molecule has 0 aliphatic heterocycles. The summed E-state index contributed by atoms with van der Waals surface area (Å²) >= 11 is 3.41. The lowest BCUT2D eigenvalue weighted by molar-refractivity contribution is -0.114. The van der Waals surface area contributed by atoms with Crippen molar-refractivity contribution in [1.29, 1.82) is 0 Å². The van der Waals surface area contributed by atoms with Crippen LogP contribution in [0.15, 0.2) is 57.4 Å². The summed E-state index contributed by atoms with van der Waals surface area (Å²) in [4.78, 5) is 23.7. The maximum atomic E-state index is 12.5. The summed E-state index contributed by atoms with van der Waals surface area (Å²) in [5.41, 5.74) is 2.23. The van der Waals surface area contributed by atoms with Crippen molar-refractivity contribution in [2.45, 2.75) is 19.9 Å². The third-order valence-corrected chi connectivity index (χ3v) is 4.40. The van der Waals surface area contributed by atoms with E-state index in [1.807, 2.05) is 43.3 Å². The number of benzene rings is 2. The van der Waals surface area contributed by atoms with E-state index in [9.17, 15) is 9.59 Å². The van der Waals surface area contributed by atoms with Crippen molar-refractivity contribution in [1.82, 2.24) is 5.32 Å². The first-order valence-electron chi connectivity index (χ1n) is 7.80. The maximum Gasteiger partial charge on any atom is 0.287 e. The first-order valence-corrected chi connectivity index (χ1v) is 8.60. The molecule has 0 aliphatic rings. The average Bonchev–Trinajstić information content (AvgIpc) is 3.00. The van der Waals surface area contributed by atoms with Crippen LogP contribution in [0.25, 0.3) is 11.0 Å². The first kappa shape index (κ1) is 17.2. The van der Waals surface area contributed by atoms with E-state index in [0.717, 1.165) is 15.4 Å². The van der Waals surface area contributed by atoms with Crippen LogP contribution in [-0.4, -0.2) is 11.8 Å². The third kappa shape index (κ3) is 3.91. The summed E-state index contributed by atoms with van der Waals surface area (Å²) in [5.74, 6) is -0.172. The number of halogens is 1. The number of anilines is 1. The minimum Gasteiger partial charge on any atom is -0.450 e. The van der Waals surface area contributed by atoms with Gasteiger partial charge < -0.3 is 15.1 Å². The van der Waals surface area contributed by atoms with Crippen LogP contribution < -0.4 is 10.6 Å². The highest BCUT2D eigenvalue weighted by molar-refractivity contribution is 9.10. The molecule has 0 bridgehead atoms. The van der Waals surface area contributed by atoms with Crippen LogP contribution in [0.4, 0.5) is 5.69 Å². The molecule has 3 rings (SSSR count). The Labute approximate surface area is 153 Å². The molecule has 0 fully saturated rings. The van der Waals surface area contributed by atoms with Gasteiger partial charge in [-0.3, -0.25) is 9.59 Å². The molecular formula is C19H17BrN2O3. The number of amides is 2. The minimum absolute atomic E-state index is 0.137. The van der Waals surface area contributed by atoms with Gasteiger partial charge in [0.25, 0.3) is 5.91 Å². The fourth-order valence-electron chi connectivity index (χ4n) is 2.58. The predicted molar refractivity (Wildman–Crippen MR) is 101 cm³/mol. The maximum absolute atomic E-state index is 12.5. The molecule has 0 unspecified atom stereocenters.